The molecule has 0 amide bonds. The van der Waals surface area contributed by atoms with Crippen LogP contribution in [0.15, 0.2) is 48.7 Å². The van der Waals surface area contributed by atoms with Crippen LogP contribution in [0.1, 0.15) is 6.42 Å². The summed E-state index contributed by atoms with van der Waals surface area (Å²) in [5.74, 6) is 0. The first kappa shape index (κ1) is 15.4. The Morgan fingerprint density at radius 3 is 2.67 bits per heavy atom. The van der Waals surface area contributed by atoms with E-state index in [9.17, 15) is 0 Å². The van der Waals surface area contributed by atoms with E-state index in [0.29, 0.717) is 0 Å². The molecule has 24 heavy (non-hydrogen) atoms. The number of anilines is 1. The molecule has 0 aliphatic carbocycles. The quantitative estimate of drug-likeness (QED) is 0.558. The van der Waals surface area contributed by atoms with Gasteiger partial charge in [-0.2, -0.15) is 0 Å². The minimum atomic E-state index is 0.908. The Morgan fingerprint density at radius 2 is 1.83 bits per heavy atom. The van der Waals surface area contributed by atoms with E-state index < -0.39 is 0 Å². The highest BCUT2D eigenvalue weighted by Crippen LogP contribution is 2.26. The van der Waals surface area contributed by atoms with Crippen molar-refractivity contribution < 1.29 is 9.64 Å². The van der Waals surface area contributed by atoms with Crippen molar-refractivity contribution >= 4 is 27.4 Å². The van der Waals surface area contributed by atoms with Crippen LogP contribution in [-0.2, 0) is 4.74 Å². The first-order valence-electron chi connectivity index (χ1n) is 8.83. The van der Waals surface area contributed by atoms with Crippen LogP contribution in [0.2, 0.25) is 0 Å². The van der Waals surface area contributed by atoms with Gasteiger partial charge in [0.2, 0.25) is 0 Å². The topological polar surface area (TPSA) is 38.6 Å². The van der Waals surface area contributed by atoms with Gasteiger partial charge in [0, 0.05) is 30.2 Å². The third-order valence-electron chi connectivity index (χ3n) is 4.83. The van der Waals surface area contributed by atoms with Gasteiger partial charge >= 0.3 is 0 Å². The number of benzene rings is 2. The number of nitrogens with one attached hydrogen (secondary N) is 2. The number of rotatable bonds is 5. The fourth-order valence-electron chi connectivity index (χ4n) is 3.46. The maximum Gasteiger partial charge on any atom is 0.101 e. The van der Waals surface area contributed by atoms with Crippen molar-refractivity contribution in [1.29, 1.82) is 0 Å². The van der Waals surface area contributed by atoms with E-state index in [-0.39, 0.29) is 0 Å². The summed E-state index contributed by atoms with van der Waals surface area (Å²) in [6, 6.07) is 15.0. The summed E-state index contributed by atoms with van der Waals surface area (Å²) in [7, 11) is 0. The largest absolute Gasteiger partial charge is 0.384 e. The van der Waals surface area contributed by atoms with Crippen molar-refractivity contribution in [3.05, 3.63) is 48.7 Å². The number of nitrogens with zero attached hydrogens (tertiary/aromatic N) is 1. The van der Waals surface area contributed by atoms with Crippen molar-refractivity contribution in [2.45, 2.75) is 6.42 Å². The van der Waals surface area contributed by atoms with Gasteiger partial charge in [-0.25, -0.2) is 0 Å². The second-order valence-corrected chi connectivity index (χ2v) is 6.47. The number of pyridine rings is 1. The molecular weight excluding hydrogens is 298 g/mol. The van der Waals surface area contributed by atoms with Crippen LogP contribution in [0.25, 0.3) is 21.7 Å². The maximum atomic E-state index is 5.42. The monoisotopic (exact) mass is 322 g/mol. The summed E-state index contributed by atoms with van der Waals surface area (Å²) in [6.07, 6.45) is 3.07. The van der Waals surface area contributed by atoms with Gasteiger partial charge in [-0.05, 0) is 29.0 Å². The second-order valence-electron chi connectivity index (χ2n) is 6.47. The van der Waals surface area contributed by atoms with Crippen LogP contribution in [0, 0.1) is 0 Å². The van der Waals surface area contributed by atoms with Crippen LogP contribution in [0.3, 0.4) is 0 Å². The van der Waals surface area contributed by atoms with Crippen LogP contribution >= 0.6 is 0 Å². The Hall–Kier alpha value is -2.17. The Kier molecular flexibility index (Phi) is 4.58. The summed E-state index contributed by atoms with van der Waals surface area (Å²) >= 11 is 0. The van der Waals surface area contributed by atoms with Crippen LogP contribution in [0.4, 0.5) is 5.69 Å². The average Bonchev–Trinajstić information content (AvgIpc) is 2.64. The Morgan fingerprint density at radius 1 is 1.04 bits per heavy atom. The third-order valence-corrected chi connectivity index (χ3v) is 4.83. The van der Waals surface area contributed by atoms with E-state index in [4.69, 9.17) is 4.74 Å². The van der Waals surface area contributed by atoms with E-state index in [1.54, 1.807) is 4.90 Å². The molecule has 1 fully saturated rings. The Labute approximate surface area is 142 Å². The SMILES string of the molecule is c1ccc2cc3c(NCCC[NH+]4CCOCC4)ccnc3cc2c1. The first-order chi connectivity index (χ1) is 11.9. The Bertz CT molecular complexity index is 827. The fraction of sp³-hybridized carbons (Fsp3) is 0.350. The van der Waals surface area contributed by atoms with Crippen LogP contribution in [0.5, 0.6) is 0 Å². The lowest BCUT2D eigenvalue weighted by atomic mass is 10.1. The van der Waals surface area contributed by atoms with Gasteiger partial charge in [0.25, 0.3) is 0 Å². The minimum Gasteiger partial charge on any atom is -0.384 e. The first-order valence-corrected chi connectivity index (χ1v) is 8.83. The average molecular weight is 322 g/mol. The molecule has 124 valence electrons. The molecule has 1 saturated heterocycles. The van der Waals surface area contributed by atoms with Crippen molar-refractivity contribution in [2.75, 3.05) is 44.7 Å². The van der Waals surface area contributed by atoms with Crippen molar-refractivity contribution in [2.24, 2.45) is 0 Å². The highest BCUT2D eigenvalue weighted by molar-refractivity contribution is 6.01. The number of quaternary nitrogens is 1. The number of ether oxygens (including phenoxy) is 1. The van der Waals surface area contributed by atoms with Gasteiger partial charge in [-0.1, -0.05) is 24.3 Å². The summed E-state index contributed by atoms with van der Waals surface area (Å²) in [5, 5.41) is 7.32. The van der Waals surface area contributed by atoms with Gasteiger partial charge in [0.15, 0.2) is 0 Å². The second kappa shape index (κ2) is 7.16. The molecule has 0 bridgehead atoms. The van der Waals surface area contributed by atoms with Gasteiger partial charge in [0.1, 0.15) is 13.1 Å². The van der Waals surface area contributed by atoms with E-state index in [1.807, 2.05) is 6.20 Å². The number of hydrogen-bond acceptors (Lipinski definition) is 3. The summed E-state index contributed by atoms with van der Waals surface area (Å²) in [4.78, 5) is 6.20. The minimum absolute atomic E-state index is 0.908. The number of aromatic nitrogens is 1. The molecule has 1 aliphatic heterocycles. The molecule has 0 atom stereocenters. The molecule has 0 radical (unpaired) electrons. The lowest BCUT2D eigenvalue weighted by molar-refractivity contribution is -0.908. The van der Waals surface area contributed by atoms with Gasteiger partial charge < -0.3 is 15.0 Å². The lowest BCUT2D eigenvalue weighted by Gasteiger charge is -2.23. The predicted octanol–water partition coefficient (Wildman–Crippen LogP) is 2.11. The number of fused-ring (bicyclic) bond motifs is 2. The molecule has 0 saturated carbocycles. The van der Waals surface area contributed by atoms with E-state index in [0.717, 1.165) is 38.4 Å². The molecule has 4 nitrogen and oxygen atoms in total. The molecular formula is C20H24N3O+. The summed E-state index contributed by atoms with van der Waals surface area (Å²) in [5.41, 5.74) is 2.24. The van der Waals surface area contributed by atoms with Gasteiger partial charge in [-0.15, -0.1) is 0 Å². The number of hydrogen-bond donors (Lipinski definition) is 2. The van der Waals surface area contributed by atoms with Crippen LogP contribution < -0.4 is 10.2 Å². The van der Waals surface area contributed by atoms with Gasteiger partial charge in [0.05, 0.1) is 25.3 Å². The molecule has 3 aromatic rings. The standard InChI is InChI=1S/C20H23N3O/c1-2-5-17-15-20-18(14-16(17)4-1)19(6-8-22-20)21-7-3-9-23-10-12-24-13-11-23/h1-2,4-6,8,14-15H,3,7,9-13H2,(H,21,22)/p+1. The summed E-state index contributed by atoms with van der Waals surface area (Å²) < 4.78 is 5.42. The zero-order valence-corrected chi connectivity index (χ0v) is 13.9. The van der Waals surface area contributed by atoms with Crippen molar-refractivity contribution in [3.63, 3.8) is 0 Å². The predicted molar refractivity (Wildman–Crippen MR) is 98.7 cm³/mol. The Balaban J connectivity index is 1.46. The van der Waals surface area contributed by atoms with Crippen molar-refractivity contribution in [3.8, 4) is 0 Å². The molecule has 2 N–H and O–H groups in total. The maximum absolute atomic E-state index is 5.42. The summed E-state index contributed by atoms with van der Waals surface area (Å²) in [6.45, 7) is 6.31. The number of morpholine rings is 1. The molecule has 0 unspecified atom stereocenters. The van der Waals surface area contributed by atoms with Crippen LogP contribution in [-0.4, -0.2) is 44.4 Å². The molecule has 4 rings (SSSR count). The highest BCUT2D eigenvalue weighted by atomic mass is 16.5. The molecule has 1 aromatic heterocycles. The smallest absolute Gasteiger partial charge is 0.101 e. The lowest BCUT2D eigenvalue weighted by Crippen LogP contribution is -3.14. The fourth-order valence-corrected chi connectivity index (χ4v) is 3.46. The highest BCUT2D eigenvalue weighted by Gasteiger charge is 2.12. The zero-order valence-electron chi connectivity index (χ0n) is 13.9. The van der Waals surface area contributed by atoms with E-state index in [2.05, 4.69) is 52.8 Å². The molecule has 2 heterocycles. The molecule has 4 heteroatoms. The molecule has 2 aromatic carbocycles. The van der Waals surface area contributed by atoms with Crippen molar-refractivity contribution in [1.82, 2.24) is 4.98 Å². The molecule has 1 aliphatic rings. The normalized spacial score (nSPS) is 15.8. The molecule has 0 spiro atoms. The van der Waals surface area contributed by atoms with Gasteiger partial charge in [-0.3, -0.25) is 4.98 Å². The van der Waals surface area contributed by atoms with E-state index >= 15 is 0 Å². The van der Waals surface area contributed by atoms with E-state index in [1.165, 1.54) is 34.8 Å². The zero-order chi connectivity index (χ0) is 16.2. The third kappa shape index (κ3) is 3.35.